The second kappa shape index (κ2) is 7.82. The van der Waals surface area contributed by atoms with E-state index >= 15 is 0 Å². The van der Waals surface area contributed by atoms with E-state index in [1.807, 2.05) is 56.3 Å². The molecule has 0 unspecified atom stereocenters. The van der Waals surface area contributed by atoms with Crippen LogP contribution in [0, 0.1) is 13.8 Å². The number of nitrogens with one attached hydrogen (secondary N) is 1. The largest absolute Gasteiger partial charge is 0.508 e. The zero-order valence-electron chi connectivity index (χ0n) is 18.6. The minimum atomic E-state index is -1.09. The second-order valence-electron chi connectivity index (χ2n) is 8.75. The maximum atomic E-state index is 13.8. The van der Waals surface area contributed by atoms with E-state index in [4.69, 9.17) is 0 Å². The number of hydrogen-bond acceptors (Lipinski definition) is 3. The number of anilines is 1. The van der Waals surface area contributed by atoms with Crippen LogP contribution >= 0.6 is 0 Å². The van der Waals surface area contributed by atoms with Crippen LogP contribution in [0.3, 0.4) is 0 Å². The summed E-state index contributed by atoms with van der Waals surface area (Å²) in [5.41, 5.74) is 5.82. The summed E-state index contributed by atoms with van der Waals surface area (Å²) < 4.78 is 0. The van der Waals surface area contributed by atoms with Crippen LogP contribution in [0.5, 0.6) is 11.5 Å². The third-order valence-corrected chi connectivity index (χ3v) is 6.59. The standard InChI is InChI=1S/C29H25NO3/c1-18-14-22(9-12-26(18)31)29(23-10-13-27(32)19(2)15-23)24-11-8-21(17-25(24)30-28(29)33)16-20-6-4-3-5-7-20/h3-15,17,31-32H,16H2,1-2H3,(H,30,33). The Kier molecular flexibility index (Phi) is 4.94. The van der Waals surface area contributed by atoms with Crippen LogP contribution in [0.4, 0.5) is 5.69 Å². The molecule has 0 fully saturated rings. The van der Waals surface area contributed by atoms with Crippen molar-refractivity contribution in [2.45, 2.75) is 25.7 Å². The molecule has 33 heavy (non-hydrogen) atoms. The van der Waals surface area contributed by atoms with Gasteiger partial charge in [-0.3, -0.25) is 4.79 Å². The highest BCUT2D eigenvalue weighted by Crippen LogP contribution is 2.49. The molecule has 0 radical (unpaired) electrons. The lowest BCUT2D eigenvalue weighted by molar-refractivity contribution is -0.118. The number of phenols is 2. The average Bonchev–Trinajstić information content (AvgIpc) is 3.10. The summed E-state index contributed by atoms with van der Waals surface area (Å²) in [4.78, 5) is 13.8. The molecule has 1 heterocycles. The fourth-order valence-corrected chi connectivity index (χ4v) is 4.82. The number of aromatic hydroxyl groups is 2. The fraction of sp³-hybridized carbons (Fsp3) is 0.138. The first-order valence-corrected chi connectivity index (χ1v) is 11.0. The number of benzene rings is 4. The van der Waals surface area contributed by atoms with Crippen molar-refractivity contribution in [2.24, 2.45) is 0 Å². The summed E-state index contributed by atoms with van der Waals surface area (Å²) in [6.45, 7) is 3.65. The van der Waals surface area contributed by atoms with Crippen LogP contribution in [0.2, 0.25) is 0 Å². The minimum Gasteiger partial charge on any atom is -0.508 e. The summed E-state index contributed by atoms with van der Waals surface area (Å²) in [6.07, 6.45) is 0.771. The van der Waals surface area contributed by atoms with Gasteiger partial charge in [-0.25, -0.2) is 0 Å². The number of carbonyl (C=O) groups is 1. The summed E-state index contributed by atoms with van der Waals surface area (Å²) in [5.74, 6) is 0.227. The molecule has 3 N–H and O–H groups in total. The molecule has 0 saturated carbocycles. The van der Waals surface area contributed by atoms with Crippen molar-refractivity contribution in [1.82, 2.24) is 0 Å². The van der Waals surface area contributed by atoms with Gasteiger partial charge in [0.05, 0.1) is 0 Å². The average molecular weight is 436 g/mol. The lowest BCUT2D eigenvalue weighted by Gasteiger charge is -2.30. The van der Waals surface area contributed by atoms with E-state index in [0.29, 0.717) is 11.1 Å². The van der Waals surface area contributed by atoms with Crippen LogP contribution in [-0.2, 0) is 16.6 Å². The van der Waals surface area contributed by atoms with E-state index in [0.717, 1.165) is 34.4 Å². The van der Waals surface area contributed by atoms with Gasteiger partial charge < -0.3 is 15.5 Å². The molecular weight excluding hydrogens is 410 g/mol. The molecule has 164 valence electrons. The topological polar surface area (TPSA) is 69.6 Å². The number of carbonyl (C=O) groups excluding carboxylic acids is 1. The van der Waals surface area contributed by atoms with Crippen LogP contribution in [0.15, 0.2) is 84.9 Å². The van der Waals surface area contributed by atoms with Gasteiger partial charge in [0, 0.05) is 11.3 Å². The van der Waals surface area contributed by atoms with Gasteiger partial charge in [-0.05, 0) is 71.8 Å². The van der Waals surface area contributed by atoms with E-state index in [1.165, 1.54) is 5.56 Å². The van der Waals surface area contributed by atoms with Gasteiger partial charge in [-0.1, -0.05) is 66.7 Å². The van der Waals surface area contributed by atoms with Crippen molar-refractivity contribution in [2.75, 3.05) is 5.32 Å². The molecule has 0 atom stereocenters. The fourth-order valence-electron chi connectivity index (χ4n) is 4.82. The Bertz CT molecular complexity index is 1320. The third kappa shape index (κ3) is 3.35. The molecule has 4 aromatic rings. The molecule has 1 aliphatic heterocycles. The summed E-state index contributed by atoms with van der Waals surface area (Å²) in [6, 6.07) is 27.0. The van der Waals surface area contributed by atoms with Gasteiger partial charge in [0.2, 0.25) is 5.91 Å². The zero-order chi connectivity index (χ0) is 23.2. The van der Waals surface area contributed by atoms with E-state index < -0.39 is 5.41 Å². The molecule has 1 amide bonds. The monoisotopic (exact) mass is 435 g/mol. The van der Waals surface area contributed by atoms with Crippen LogP contribution in [-0.4, -0.2) is 16.1 Å². The quantitative estimate of drug-likeness (QED) is 0.391. The van der Waals surface area contributed by atoms with Crippen molar-refractivity contribution in [1.29, 1.82) is 0 Å². The third-order valence-electron chi connectivity index (χ3n) is 6.59. The van der Waals surface area contributed by atoms with Gasteiger partial charge in [-0.2, -0.15) is 0 Å². The maximum absolute atomic E-state index is 13.8. The Labute approximate surface area is 193 Å². The van der Waals surface area contributed by atoms with Crippen molar-refractivity contribution < 1.29 is 15.0 Å². The summed E-state index contributed by atoms with van der Waals surface area (Å²) in [7, 11) is 0. The molecule has 0 spiro atoms. The number of rotatable bonds is 4. The molecule has 0 saturated heterocycles. The predicted molar refractivity (Wildman–Crippen MR) is 130 cm³/mol. The Morgan fingerprint density at radius 2 is 1.33 bits per heavy atom. The van der Waals surface area contributed by atoms with Crippen LogP contribution in [0.1, 0.15) is 38.9 Å². The lowest BCUT2D eigenvalue weighted by Crippen LogP contribution is -2.37. The highest BCUT2D eigenvalue weighted by molar-refractivity contribution is 6.11. The van der Waals surface area contributed by atoms with Gasteiger partial charge in [-0.15, -0.1) is 0 Å². The Morgan fingerprint density at radius 3 is 1.91 bits per heavy atom. The predicted octanol–water partition coefficient (Wildman–Crippen LogP) is 5.59. The second-order valence-corrected chi connectivity index (χ2v) is 8.75. The maximum Gasteiger partial charge on any atom is 0.244 e. The number of amides is 1. The van der Waals surface area contributed by atoms with E-state index in [9.17, 15) is 15.0 Å². The molecule has 5 rings (SSSR count). The molecule has 1 aliphatic rings. The molecule has 0 aliphatic carbocycles. The van der Waals surface area contributed by atoms with Crippen molar-refractivity contribution in [3.63, 3.8) is 0 Å². The highest BCUT2D eigenvalue weighted by Gasteiger charge is 2.50. The lowest BCUT2D eigenvalue weighted by atomic mass is 9.69. The van der Waals surface area contributed by atoms with Gasteiger partial charge in [0.25, 0.3) is 0 Å². The van der Waals surface area contributed by atoms with Crippen LogP contribution in [0.25, 0.3) is 0 Å². The minimum absolute atomic E-state index is 0.149. The van der Waals surface area contributed by atoms with Crippen LogP contribution < -0.4 is 5.32 Å². The van der Waals surface area contributed by atoms with Crippen molar-refractivity contribution in [3.05, 3.63) is 124 Å². The number of phenolic OH excluding ortho intramolecular Hbond substituents is 2. The van der Waals surface area contributed by atoms with Crippen molar-refractivity contribution in [3.8, 4) is 11.5 Å². The summed E-state index contributed by atoms with van der Waals surface area (Å²) in [5, 5.41) is 23.4. The number of fused-ring (bicyclic) bond motifs is 1. The Balaban J connectivity index is 1.71. The first-order chi connectivity index (χ1) is 15.9. The summed E-state index contributed by atoms with van der Waals surface area (Å²) >= 11 is 0. The first-order valence-electron chi connectivity index (χ1n) is 11.0. The zero-order valence-corrected chi connectivity index (χ0v) is 18.6. The smallest absolute Gasteiger partial charge is 0.244 e. The SMILES string of the molecule is Cc1cc(C2(c3ccc(O)c(C)c3)C(=O)Nc3cc(Cc4ccccc4)ccc32)ccc1O. The Morgan fingerprint density at radius 1 is 0.727 bits per heavy atom. The molecule has 4 aromatic carbocycles. The Hall–Kier alpha value is -4.05. The highest BCUT2D eigenvalue weighted by atomic mass is 16.3. The van der Waals surface area contributed by atoms with Gasteiger partial charge in [0.1, 0.15) is 16.9 Å². The number of aryl methyl sites for hydroxylation is 2. The van der Waals surface area contributed by atoms with E-state index in [2.05, 4.69) is 23.5 Å². The molecular formula is C29H25NO3. The normalized spacial score (nSPS) is 14.1. The number of hydrogen-bond donors (Lipinski definition) is 3. The molecule has 4 heteroatoms. The molecule has 4 nitrogen and oxygen atoms in total. The first kappa shape index (κ1) is 20.8. The molecule has 0 bridgehead atoms. The van der Waals surface area contributed by atoms with Gasteiger partial charge >= 0.3 is 0 Å². The molecule has 0 aromatic heterocycles. The van der Waals surface area contributed by atoms with Gasteiger partial charge in [0.15, 0.2) is 0 Å². The van der Waals surface area contributed by atoms with Crippen molar-refractivity contribution >= 4 is 11.6 Å². The van der Waals surface area contributed by atoms with E-state index in [1.54, 1.807) is 24.3 Å². The van der Waals surface area contributed by atoms with E-state index in [-0.39, 0.29) is 17.4 Å².